The fourth-order valence-corrected chi connectivity index (χ4v) is 5.39. The van der Waals surface area contributed by atoms with Crippen molar-refractivity contribution in [3.63, 3.8) is 0 Å². The minimum atomic E-state index is -0.633. The molecule has 3 aromatic carbocycles. The smallest absolute Gasteiger partial charge is 0.266 e. The van der Waals surface area contributed by atoms with Crippen LogP contribution in [0.5, 0.6) is 5.75 Å². The molecule has 1 spiro atoms. The second-order valence-corrected chi connectivity index (χ2v) is 9.86. The summed E-state index contributed by atoms with van der Waals surface area (Å²) in [5.74, 6) is -1.15. The summed E-state index contributed by atoms with van der Waals surface area (Å²) >= 11 is 0. The Morgan fingerprint density at radius 3 is 2.30 bits per heavy atom. The fourth-order valence-electron chi connectivity index (χ4n) is 5.39. The number of carbonyl (C=O) groups is 4. The van der Waals surface area contributed by atoms with Gasteiger partial charge in [-0.1, -0.05) is 11.6 Å². The zero-order chi connectivity index (χ0) is 25.9. The number of halogens is 1. The normalized spacial score (nSPS) is 18.1. The van der Waals surface area contributed by atoms with Crippen molar-refractivity contribution in [2.75, 3.05) is 18.0 Å². The van der Waals surface area contributed by atoms with Gasteiger partial charge in [-0.05, 0) is 61.5 Å². The number of benzene rings is 3. The molecule has 0 unspecified atom stereocenters. The molecule has 0 N–H and O–H groups in total. The standard InChI is InChI=1S/C29H23FN2O5/c1-17-2-9-25-23(14-17)24(33)16-29(37-25)10-12-31(13-11-29)26(34)18-3-8-21-22(15-18)28(36)32(27(21)35)20-6-4-19(30)5-7-20/h2-9,14-15H,10-13,16H2,1H3. The lowest BCUT2D eigenvalue weighted by atomic mass is 9.82. The molecule has 0 aliphatic carbocycles. The molecule has 37 heavy (non-hydrogen) atoms. The molecule has 1 saturated heterocycles. The largest absolute Gasteiger partial charge is 0.486 e. The zero-order valence-electron chi connectivity index (χ0n) is 20.1. The number of fused-ring (bicyclic) bond motifs is 2. The maximum Gasteiger partial charge on any atom is 0.266 e. The van der Waals surface area contributed by atoms with Gasteiger partial charge in [-0.15, -0.1) is 0 Å². The lowest BCUT2D eigenvalue weighted by molar-refractivity contribution is -0.00574. The Labute approximate surface area is 212 Å². The number of carbonyl (C=O) groups excluding carboxylic acids is 4. The number of ether oxygens (including phenoxy) is 1. The maximum absolute atomic E-state index is 13.3. The second-order valence-electron chi connectivity index (χ2n) is 9.86. The van der Waals surface area contributed by atoms with E-state index < -0.39 is 23.2 Å². The Morgan fingerprint density at radius 2 is 1.57 bits per heavy atom. The monoisotopic (exact) mass is 498 g/mol. The van der Waals surface area contributed by atoms with Crippen LogP contribution in [0, 0.1) is 12.7 Å². The third-order valence-electron chi connectivity index (χ3n) is 7.42. The molecule has 3 aliphatic heterocycles. The summed E-state index contributed by atoms with van der Waals surface area (Å²) in [6, 6.07) is 15.2. The molecule has 186 valence electrons. The van der Waals surface area contributed by atoms with E-state index in [0.717, 1.165) is 10.5 Å². The first-order chi connectivity index (χ1) is 17.7. The Kier molecular flexibility index (Phi) is 5.22. The van der Waals surface area contributed by atoms with E-state index >= 15 is 0 Å². The van der Waals surface area contributed by atoms with Crippen molar-refractivity contribution in [1.82, 2.24) is 4.90 Å². The van der Waals surface area contributed by atoms with Crippen molar-refractivity contribution < 1.29 is 28.3 Å². The van der Waals surface area contributed by atoms with Crippen LogP contribution < -0.4 is 9.64 Å². The summed E-state index contributed by atoms with van der Waals surface area (Å²) in [5.41, 5.74) is 1.89. The van der Waals surface area contributed by atoms with Crippen molar-refractivity contribution in [3.8, 4) is 5.75 Å². The summed E-state index contributed by atoms with van der Waals surface area (Å²) in [7, 11) is 0. The average Bonchev–Trinajstić information content (AvgIpc) is 3.14. The predicted octanol–water partition coefficient (Wildman–Crippen LogP) is 4.57. The first-order valence-electron chi connectivity index (χ1n) is 12.2. The van der Waals surface area contributed by atoms with E-state index in [-0.39, 0.29) is 34.9 Å². The van der Waals surface area contributed by atoms with Gasteiger partial charge >= 0.3 is 0 Å². The van der Waals surface area contributed by atoms with Crippen LogP contribution in [0.1, 0.15) is 66.3 Å². The molecule has 6 rings (SSSR count). The second kappa shape index (κ2) is 8.37. The van der Waals surface area contributed by atoms with E-state index in [4.69, 9.17) is 4.74 Å². The third-order valence-corrected chi connectivity index (χ3v) is 7.42. The van der Waals surface area contributed by atoms with Crippen LogP contribution in [0.15, 0.2) is 60.7 Å². The van der Waals surface area contributed by atoms with E-state index in [2.05, 4.69) is 0 Å². The van der Waals surface area contributed by atoms with Gasteiger partial charge in [0.25, 0.3) is 17.7 Å². The highest BCUT2D eigenvalue weighted by Crippen LogP contribution is 2.40. The van der Waals surface area contributed by atoms with Gasteiger partial charge in [0.05, 0.1) is 28.8 Å². The maximum atomic E-state index is 13.3. The van der Waals surface area contributed by atoms with Gasteiger partial charge in [-0.25, -0.2) is 9.29 Å². The highest BCUT2D eigenvalue weighted by atomic mass is 19.1. The number of amides is 3. The van der Waals surface area contributed by atoms with Gasteiger partial charge in [0.1, 0.15) is 17.2 Å². The number of aryl methyl sites for hydroxylation is 1. The summed E-state index contributed by atoms with van der Waals surface area (Å²) in [4.78, 5) is 54.7. The number of imide groups is 1. The molecular formula is C29H23FN2O5. The number of Topliss-reactive ketones (excluding diaryl/α,β-unsaturated/α-hetero) is 1. The third kappa shape index (κ3) is 3.80. The van der Waals surface area contributed by atoms with Gasteiger partial charge in [0, 0.05) is 31.5 Å². The number of nitrogens with zero attached hydrogens (tertiary/aromatic N) is 2. The summed E-state index contributed by atoms with van der Waals surface area (Å²) < 4.78 is 19.6. The molecule has 0 radical (unpaired) electrons. The lowest BCUT2D eigenvalue weighted by Crippen LogP contribution is -2.52. The van der Waals surface area contributed by atoms with Crippen molar-refractivity contribution in [1.29, 1.82) is 0 Å². The molecule has 3 aliphatic rings. The Balaban J connectivity index is 1.18. The number of hydrogen-bond donors (Lipinski definition) is 0. The molecule has 0 atom stereocenters. The number of ketones is 1. The SMILES string of the molecule is Cc1ccc2c(c1)C(=O)CC1(CCN(C(=O)c3ccc4c(c3)C(=O)N(c3ccc(F)cc3)C4=O)CC1)O2. The molecule has 3 amide bonds. The van der Waals surface area contributed by atoms with Crippen LogP contribution in [0.4, 0.5) is 10.1 Å². The minimum absolute atomic E-state index is 0.0530. The topological polar surface area (TPSA) is 84.0 Å². The highest BCUT2D eigenvalue weighted by Gasteiger charge is 2.44. The minimum Gasteiger partial charge on any atom is -0.486 e. The lowest BCUT2D eigenvalue weighted by Gasteiger charge is -2.44. The average molecular weight is 499 g/mol. The molecule has 3 aromatic rings. The molecular weight excluding hydrogens is 475 g/mol. The van der Waals surface area contributed by atoms with E-state index in [9.17, 15) is 23.6 Å². The van der Waals surface area contributed by atoms with Crippen LogP contribution in [-0.4, -0.2) is 47.1 Å². The van der Waals surface area contributed by atoms with Crippen LogP contribution in [0.3, 0.4) is 0 Å². The Morgan fingerprint density at radius 1 is 0.865 bits per heavy atom. The molecule has 1 fully saturated rings. The van der Waals surface area contributed by atoms with E-state index in [1.807, 2.05) is 25.1 Å². The van der Waals surface area contributed by atoms with Gasteiger partial charge in [-0.3, -0.25) is 19.2 Å². The zero-order valence-corrected chi connectivity index (χ0v) is 20.1. The van der Waals surface area contributed by atoms with Crippen LogP contribution in [0.2, 0.25) is 0 Å². The van der Waals surface area contributed by atoms with Gasteiger partial charge in [-0.2, -0.15) is 0 Å². The first-order valence-corrected chi connectivity index (χ1v) is 12.2. The van der Waals surface area contributed by atoms with Gasteiger partial charge in [0.15, 0.2) is 5.78 Å². The van der Waals surface area contributed by atoms with Crippen molar-refractivity contribution in [2.45, 2.75) is 31.8 Å². The molecule has 8 heteroatoms. The fraction of sp³-hybridized carbons (Fsp3) is 0.241. The summed E-state index contributed by atoms with van der Waals surface area (Å²) in [5, 5.41) is 0. The Bertz CT molecular complexity index is 1490. The molecule has 0 bridgehead atoms. The summed E-state index contributed by atoms with van der Waals surface area (Å²) in [6.45, 7) is 2.74. The van der Waals surface area contributed by atoms with E-state index in [1.165, 1.54) is 36.4 Å². The molecule has 3 heterocycles. The molecule has 7 nitrogen and oxygen atoms in total. The number of piperidine rings is 1. The van der Waals surface area contributed by atoms with Crippen molar-refractivity contribution in [3.05, 3.63) is 94.3 Å². The number of hydrogen-bond acceptors (Lipinski definition) is 5. The first kappa shape index (κ1) is 23.1. The van der Waals surface area contributed by atoms with Crippen molar-refractivity contribution in [2.24, 2.45) is 0 Å². The summed E-state index contributed by atoms with van der Waals surface area (Å²) in [6.07, 6.45) is 1.30. The van der Waals surface area contributed by atoms with Gasteiger partial charge < -0.3 is 9.64 Å². The molecule has 0 saturated carbocycles. The number of likely N-dealkylation sites (tertiary alicyclic amines) is 1. The van der Waals surface area contributed by atoms with E-state index in [0.29, 0.717) is 42.8 Å². The van der Waals surface area contributed by atoms with Crippen LogP contribution >= 0.6 is 0 Å². The van der Waals surface area contributed by atoms with E-state index in [1.54, 1.807) is 11.0 Å². The highest BCUT2D eigenvalue weighted by molar-refractivity contribution is 6.34. The quantitative estimate of drug-likeness (QED) is 0.483. The number of anilines is 1. The van der Waals surface area contributed by atoms with Crippen molar-refractivity contribution >= 4 is 29.2 Å². The molecule has 0 aromatic heterocycles. The van der Waals surface area contributed by atoms with Crippen LogP contribution in [-0.2, 0) is 0 Å². The van der Waals surface area contributed by atoms with Crippen LogP contribution in [0.25, 0.3) is 0 Å². The number of rotatable bonds is 2. The predicted molar refractivity (Wildman–Crippen MR) is 133 cm³/mol. The Hall–Kier alpha value is -4.33. The van der Waals surface area contributed by atoms with Gasteiger partial charge in [0.2, 0.25) is 0 Å².